The molecule has 1 aliphatic heterocycles. The van der Waals surface area contributed by atoms with Crippen LogP contribution in [0.5, 0.6) is 11.5 Å². The van der Waals surface area contributed by atoms with Crippen LogP contribution in [-0.4, -0.2) is 31.0 Å². The van der Waals surface area contributed by atoms with Gasteiger partial charge in [-0.1, -0.05) is 17.7 Å². The van der Waals surface area contributed by atoms with Gasteiger partial charge in [0.15, 0.2) is 17.1 Å². The van der Waals surface area contributed by atoms with Crippen LogP contribution in [0.15, 0.2) is 36.4 Å². The van der Waals surface area contributed by atoms with E-state index in [9.17, 15) is 14.7 Å². The smallest absolute Gasteiger partial charge is 0.264 e. The number of rotatable bonds is 6. The van der Waals surface area contributed by atoms with Gasteiger partial charge in [0, 0.05) is 17.0 Å². The average molecular weight is 390 g/mol. The molecule has 7 heteroatoms. The molecule has 0 aromatic heterocycles. The molecule has 0 bridgehead atoms. The number of aliphatic hydroxyl groups is 1. The van der Waals surface area contributed by atoms with E-state index in [1.54, 1.807) is 31.4 Å². The molecular formula is C20H20ClNO5. The molecule has 142 valence electrons. The second-order valence-corrected chi connectivity index (χ2v) is 6.92. The third-order valence-electron chi connectivity index (χ3n) is 4.59. The van der Waals surface area contributed by atoms with Crippen molar-refractivity contribution in [2.45, 2.75) is 25.5 Å². The van der Waals surface area contributed by atoms with Gasteiger partial charge >= 0.3 is 0 Å². The number of hydrogen-bond acceptors (Lipinski definition) is 5. The minimum atomic E-state index is -1.91. The molecule has 1 aliphatic rings. The molecule has 27 heavy (non-hydrogen) atoms. The van der Waals surface area contributed by atoms with Crippen molar-refractivity contribution in [1.82, 2.24) is 0 Å². The number of fused-ring (bicyclic) bond motifs is 1. The summed E-state index contributed by atoms with van der Waals surface area (Å²) in [6.07, 6.45) is -0.304. The first kappa shape index (κ1) is 19.2. The maximum Gasteiger partial charge on any atom is 0.264 e. The zero-order valence-electron chi connectivity index (χ0n) is 15.3. The summed E-state index contributed by atoms with van der Waals surface area (Å²) in [5.74, 6) is 0.278. The summed E-state index contributed by atoms with van der Waals surface area (Å²) in [5.41, 5.74) is -0.254. The van der Waals surface area contributed by atoms with E-state index < -0.39 is 11.5 Å². The van der Waals surface area contributed by atoms with E-state index in [2.05, 4.69) is 0 Å². The Labute approximate surface area is 162 Å². The summed E-state index contributed by atoms with van der Waals surface area (Å²) in [6, 6.07) is 10.2. The van der Waals surface area contributed by atoms with E-state index in [1.807, 2.05) is 6.07 Å². The Hall–Kier alpha value is -2.57. The lowest BCUT2D eigenvalue weighted by molar-refractivity contribution is -0.141. The van der Waals surface area contributed by atoms with Gasteiger partial charge in [-0.3, -0.25) is 9.59 Å². The molecule has 0 aliphatic carbocycles. The number of carbonyl (C=O) groups is 2. The summed E-state index contributed by atoms with van der Waals surface area (Å²) in [4.78, 5) is 26.2. The maximum atomic E-state index is 13.0. The Balaban J connectivity index is 2.02. The third kappa shape index (κ3) is 3.38. The van der Waals surface area contributed by atoms with E-state index in [0.29, 0.717) is 27.8 Å². The highest BCUT2D eigenvalue weighted by atomic mass is 35.5. The Morgan fingerprint density at radius 2 is 1.85 bits per heavy atom. The molecule has 3 rings (SSSR count). The van der Waals surface area contributed by atoms with Gasteiger partial charge in [-0.25, -0.2) is 0 Å². The normalized spacial score (nSPS) is 18.4. The van der Waals surface area contributed by atoms with Gasteiger partial charge < -0.3 is 19.5 Å². The van der Waals surface area contributed by atoms with Gasteiger partial charge in [0.2, 0.25) is 0 Å². The van der Waals surface area contributed by atoms with Crippen molar-refractivity contribution in [3.8, 4) is 11.5 Å². The fourth-order valence-electron chi connectivity index (χ4n) is 3.37. The number of carbonyl (C=O) groups excluding carboxylic acids is 2. The van der Waals surface area contributed by atoms with Crippen molar-refractivity contribution in [1.29, 1.82) is 0 Å². The molecule has 2 aromatic carbocycles. The molecular weight excluding hydrogens is 370 g/mol. The highest BCUT2D eigenvalue weighted by Gasteiger charge is 2.50. The molecule has 0 spiro atoms. The molecule has 0 saturated heterocycles. The summed E-state index contributed by atoms with van der Waals surface area (Å²) in [7, 11) is 3.08. The van der Waals surface area contributed by atoms with Crippen LogP contribution >= 0.6 is 11.6 Å². The fraction of sp³-hybridized carbons (Fsp3) is 0.300. The Morgan fingerprint density at radius 3 is 2.48 bits per heavy atom. The number of ketones is 1. The molecule has 2 aromatic rings. The highest BCUT2D eigenvalue weighted by molar-refractivity contribution is 6.31. The molecule has 1 atom stereocenters. The van der Waals surface area contributed by atoms with Gasteiger partial charge in [-0.05, 0) is 42.8 Å². The summed E-state index contributed by atoms with van der Waals surface area (Å²) in [6.45, 7) is 1.54. The van der Waals surface area contributed by atoms with E-state index in [4.69, 9.17) is 21.1 Å². The minimum Gasteiger partial charge on any atom is -0.493 e. The molecule has 6 nitrogen and oxygen atoms in total. The lowest BCUT2D eigenvalue weighted by Gasteiger charge is -2.22. The lowest BCUT2D eigenvalue weighted by Crippen LogP contribution is -2.41. The van der Waals surface area contributed by atoms with Crippen molar-refractivity contribution >= 4 is 29.0 Å². The van der Waals surface area contributed by atoms with Crippen molar-refractivity contribution < 1.29 is 24.2 Å². The maximum absolute atomic E-state index is 13.0. The third-order valence-corrected chi connectivity index (χ3v) is 4.82. The van der Waals surface area contributed by atoms with Crippen molar-refractivity contribution in [2.24, 2.45) is 0 Å². The van der Waals surface area contributed by atoms with Gasteiger partial charge in [-0.2, -0.15) is 0 Å². The number of ether oxygens (including phenoxy) is 2. The largest absolute Gasteiger partial charge is 0.493 e. The van der Waals surface area contributed by atoms with Crippen LogP contribution in [0, 0.1) is 0 Å². The van der Waals surface area contributed by atoms with E-state index >= 15 is 0 Å². The van der Waals surface area contributed by atoms with Gasteiger partial charge in [0.1, 0.15) is 5.78 Å². The van der Waals surface area contributed by atoms with Gasteiger partial charge in [0.25, 0.3) is 5.91 Å². The van der Waals surface area contributed by atoms with Gasteiger partial charge in [0.05, 0.1) is 26.5 Å². The predicted octanol–water partition coefficient (Wildman–Crippen LogP) is 3.07. The zero-order chi connectivity index (χ0) is 19.8. The van der Waals surface area contributed by atoms with Crippen molar-refractivity contribution in [3.63, 3.8) is 0 Å². The van der Waals surface area contributed by atoms with Crippen LogP contribution in [0.3, 0.4) is 0 Å². The average Bonchev–Trinajstić information content (AvgIpc) is 2.82. The van der Waals surface area contributed by atoms with Crippen LogP contribution in [0.2, 0.25) is 5.02 Å². The topological polar surface area (TPSA) is 76.1 Å². The van der Waals surface area contributed by atoms with Crippen LogP contribution in [0.1, 0.15) is 24.5 Å². The SMILES string of the molecule is COc1ccc(CN2C(=O)[C@](O)(CC(C)=O)c3cc(Cl)ccc32)cc1OC. The zero-order valence-corrected chi connectivity index (χ0v) is 16.0. The van der Waals surface area contributed by atoms with Gasteiger partial charge in [-0.15, -0.1) is 0 Å². The van der Waals surface area contributed by atoms with E-state index in [0.717, 1.165) is 5.56 Å². The van der Waals surface area contributed by atoms with E-state index in [1.165, 1.54) is 25.0 Å². The molecule has 1 N–H and O–H groups in total. The second kappa shape index (κ2) is 7.21. The molecule has 1 amide bonds. The molecule has 0 unspecified atom stereocenters. The number of anilines is 1. The second-order valence-electron chi connectivity index (χ2n) is 6.48. The standard InChI is InChI=1S/C20H20ClNO5/c1-12(23)10-20(25)15-9-14(21)5-6-16(15)22(19(20)24)11-13-4-7-17(26-2)18(8-13)27-3/h4-9,25H,10-11H2,1-3H3/t20-/m0/s1. The molecule has 1 heterocycles. The number of benzene rings is 2. The summed E-state index contributed by atoms with van der Waals surface area (Å²) >= 11 is 6.06. The first-order valence-corrected chi connectivity index (χ1v) is 8.72. The predicted molar refractivity (Wildman–Crippen MR) is 101 cm³/mol. The van der Waals surface area contributed by atoms with Crippen LogP contribution < -0.4 is 14.4 Å². The number of Topliss-reactive ketones (excluding diaryl/α,β-unsaturated/α-hetero) is 1. The number of amides is 1. The molecule has 0 radical (unpaired) electrons. The van der Waals surface area contributed by atoms with E-state index in [-0.39, 0.29) is 18.7 Å². The first-order chi connectivity index (χ1) is 12.8. The quantitative estimate of drug-likeness (QED) is 0.821. The Morgan fingerprint density at radius 1 is 1.15 bits per heavy atom. The Bertz CT molecular complexity index is 913. The minimum absolute atomic E-state index is 0.202. The summed E-state index contributed by atoms with van der Waals surface area (Å²) in [5, 5.41) is 11.4. The number of nitrogens with zero attached hydrogens (tertiary/aromatic N) is 1. The summed E-state index contributed by atoms with van der Waals surface area (Å²) < 4.78 is 10.5. The van der Waals surface area contributed by atoms with Crippen LogP contribution in [0.25, 0.3) is 0 Å². The lowest BCUT2D eigenvalue weighted by atomic mass is 9.90. The van der Waals surface area contributed by atoms with Crippen molar-refractivity contribution in [3.05, 3.63) is 52.5 Å². The number of hydrogen-bond donors (Lipinski definition) is 1. The highest BCUT2D eigenvalue weighted by Crippen LogP contribution is 2.44. The monoisotopic (exact) mass is 389 g/mol. The molecule has 0 fully saturated rings. The first-order valence-electron chi connectivity index (χ1n) is 8.35. The van der Waals surface area contributed by atoms with Crippen LogP contribution in [0.4, 0.5) is 5.69 Å². The number of halogens is 1. The van der Waals surface area contributed by atoms with Crippen LogP contribution in [-0.2, 0) is 21.7 Å². The number of methoxy groups -OCH3 is 2. The Kier molecular flexibility index (Phi) is 5.13. The molecule has 0 saturated carbocycles. The fourth-order valence-corrected chi connectivity index (χ4v) is 3.54. The van der Waals surface area contributed by atoms with Crippen molar-refractivity contribution in [2.75, 3.05) is 19.1 Å².